The molecule has 1 fully saturated rings. The van der Waals surface area contributed by atoms with Crippen LogP contribution in [-0.2, 0) is 6.54 Å². The topological polar surface area (TPSA) is 77.9 Å². The van der Waals surface area contributed by atoms with E-state index in [-0.39, 0.29) is 18.3 Å². The third kappa shape index (κ3) is 5.63. The molecule has 142 valence electrons. The van der Waals surface area contributed by atoms with Crippen molar-refractivity contribution in [3.63, 3.8) is 0 Å². The average molecular weight is 380 g/mol. The summed E-state index contributed by atoms with van der Waals surface area (Å²) in [7, 11) is 10.4. The van der Waals surface area contributed by atoms with Crippen molar-refractivity contribution < 1.29 is 19.0 Å². The van der Waals surface area contributed by atoms with Crippen molar-refractivity contribution in [3.05, 3.63) is 54.1 Å². The molecular formula is C18H19B2FN4O3. The zero-order valence-corrected chi connectivity index (χ0v) is 15.2. The van der Waals surface area contributed by atoms with E-state index in [4.69, 9.17) is 20.4 Å². The maximum absolute atomic E-state index is 13.3. The van der Waals surface area contributed by atoms with Gasteiger partial charge in [-0.25, -0.2) is 9.78 Å². The van der Waals surface area contributed by atoms with Crippen LogP contribution in [0.2, 0.25) is 0 Å². The van der Waals surface area contributed by atoms with Crippen LogP contribution in [0.5, 0.6) is 5.75 Å². The molecule has 4 radical (unpaired) electrons. The highest BCUT2D eigenvalue weighted by Gasteiger charge is 2.21. The summed E-state index contributed by atoms with van der Waals surface area (Å²) in [6.45, 7) is 2.52. The second-order valence-electron chi connectivity index (χ2n) is 6.47. The number of pyridine rings is 1. The van der Waals surface area contributed by atoms with E-state index in [1.807, 2.05) is 4.90 Å². The van der Waals surface area contributed by atoms with Gasteiger partial charge in [-0.3, -0.25) is 0 Å². The van der Waals surface area contributed by atoms with Crippen LogP contribution >= 0.6 is 0 Å². The van der Waals surface area contributed by atoms with E-state index in [1.54, 1.807) is 35.2 Å². The van der Waals surface area contributed by atoms with Crippen LogP contribution in [0.3, 0.4) is 0 Å². The molecule has 1 aliphatic rings. The van der Waals surface area contributed by atoms with Crippen LogP contribution in [0.15, 0.2) is 42.6 Å². The van der Waals surface area contributed by atoms with Crippen LogP contribution in [0.1, 0.15) is 5.56 Å². The number of amides is 2. The monoisotopic (exact) mass is 380 g/mol. The SMILES string of the molecule is [B]C([B])(O)Oc1cccc(CNC(=O)N2CCN(c3ccnc(F)c3)CC2)c1. The van der Waals surface area contributed by atoms with E-state index >= 15 is 0 Å². The lowest BCUT2D eigenvalue weighted by Crippen LogP contribution is -2.51. The number of ether oxygens (including phenoxy) is 1. The molecule has 0 atom stereocenters. The summed E-state index contributed by atoms with van der Waals surface area (Å²) in [6, 6.07) is 9.66. The number of carbonyl (C=O) groups excluding carboxylic acids is 1. The Morgan fingerprint density at radius 2 is 2.00 bits per heavy atom. The fourth-order valence-electron chi connectivity index (χ4n) is 2.95. The van der Waals surface area contributed by atoms with Gasteiger partial charge in [0, 0.05) is 50.7 Å². The van der Waals surface area contributed by atoms with Gasteiger partial charge >= 0.3 is 6.03 Å². The Hall–Kier alpha value is -2.74. The number of aromatic nitrogens is 1. The normalized spacial score (nSPS) is 14.6. The predicted octanol–water partition coefficient (Wildman–Crippen LogP) is 0.572. The van der Waals surface area contributed by atoms with Gasteiger partial charge < -0.3 is 25.0 Å². The van der Waals surface area contributed by atoms with Crippen molar-refractivity contribution in [2.75, 3.05) is 31.1 Å². The molecule has 0 spiro atoms. The van der Waals surface area contributed by atoms with Crippen LogP contribution in [-0.4, -0.2) is 68.5 Å². The summed E-state index contributed by atoms with van der Waals surface area (Å²) in [5.74, 6) is -0.232. The van der Waals surface area contributed by atoms with Gasteiger partial charge in [-0.05, 0) is 23.8 Å². The van der Waals surface area contributed by atoms with E-state index in [0.29, 0.717) is 26.2 Å². The zero-order valence-electron chi connectivity index (χ0n) is 15.2. The number of rotatable bonds is 5. The Balaban J connectivity index is 1.49. The number of benzene rings is 1. The highest BCUT2D eigenvalue weighted by molar-refractivity contribution is 6.37. The lowest BCUT2D eigenvalue weighted by Gasteiger charge is -2.36. The molecule has 0 saturated carbocycles. The van der Waals surface area contributed by atoms with Crippen LogP contribution in [0.4, 0.5) is 14.9 Å². The highest BCUT2D eigenvalue weighted by atomic mass is 19.1. The van der Waals surface area contributed by atoms with Gasteiger partial charge in [0.15, 0.2) is 15.7 Å². The molecule has 7 nitrogen and oxygen atoms in total. The smallest absolute Gasteiger partial charge is 0.317 e. The van der Waals surface area contributed by atoms with Gasteiger partial charge in [0.1, 0.15) is 11.3 Å². The highest BCUT2D eigenvalue weighted by Crippen LogP contribution is 2.17. The molecule has 0 unspecified atom stereocenters. The van der Waals surface area contributed by atoms with E-state index in [0.717, 1.165) is 11.3 Å². The van der Waals surface area contributed by atoms with E-state index in [2.05, 4.69) is 10.3 Å². The van der Waals surface area contributed by atoms with Crippen LogP contribution in [0, 0.1) is 5.95 Å². The summed E-state index contributed by atoms with van der Waals surface area (Å²) < 4.78 is 18.2. The minimum atomic E-state index is -2.26. The number of halogens is 1. The quantitative estimate of drug-likeness (QED) is 0.451. The number of piperazine rings is 1. The lowest BCUT2D eigenvalue weighted by atomic mass is 9.76. The zero-order chi connectivity index (χ0) is 20.1. The minimum Gasteiger partial charge on any atom is -0.482 e. The third-order valence-corrected chi connectivity index (χ3v) is 4.27. The Morgan fingerprint density at radius 1 is 1.25 bits per heavy atom. The number of hydrogen-bond acceptors (Lipinski definition) is 5. The maximum Gasteiger partial charge on any atom is 0.317 e. The molecule has 3 rings (SSSR count). The van der Waals surface area contributed by atoms with Gasteiger partial charge in [0.05, 0.1) is 0 Å². The van der Waals surface area contributed by atoms with Gasteiger partial charge in [0.2, 0.25) is 5.95 Å². The Labute approximate surface area is 165 Å². The average Bonchev–Trinajstić information content (AvgIpc) is 2.65. The first-order valence-corrected chi connectivity index (χ1v) is 8.77. The molecule has 1 saturated heterocycles. The van der Waals surface area contributed by atoms with Gasteiger partial charge in [-0.2, -0.15) is 4.39 Å². The van der Waals surface area contributed by atoms with Crippen LogP contribution in [0.25, 0.3) is 0 Å². The lowest BCUT2D eigenvalue weighted by molar-refractivity contribution is 0.0127. The number of hydrogen-bond donors (Lipinski definition) is 2. The fourth-order valence-corrected chi connectivity index (χ4v) is 2.95. The van der Waals surface area contributed by atoms with Crippen molar-refractivity contribution in [2.24, 2.45) is 0 Å². The number of carbonyl (C=O) groups is 1. The molecule has 1 aromatic carbocycles. The number of anilines is 1. The second kappa shape index (κ2) is 8.52. The molecule has 1 aromatic heterocycles. The number of nitrogens with zero attached hydrogens (tertiary/aromatic N) is 3. The van der Waals surface area contributed by atoms with Gasteiger partial charge in [0.25, 0.3) is 0 Å². The van der Waals surface area contributed by atoms with E-state index < -0.39 is 11.5 Å². The summed E-state index contributed by atoms with van der Waals surface area (Å²) >= 11 is 0. The number of nitrogens with one attached hydrogen (secondary N) is 1. The predicted molar refractivity (Wildman–Crippen MR) is 104 cm³/mol. The van der Waals surface area contributed by atoms with Crippen LogP contribution < -0.4 is 15.0 Å². The molecule has 0 bridgehead atoms. The Bertz CT molecular complexity index is 826. The van der Waals surface area contributed by atoms with Crippen molar-refractivity contribution in [1.82, 2.24) is 15.2 Å². The maximum atomic E-state index is 13.3. The first-order valence-electron chi connectivity index (χ1n) is 8.77. The first kappa shape index (κ1) is 20.0. The minimum absolute atomic E-state index is 0.193. The van der Waals surface area contributed by atoms with Crippen molar-refractivity contribution in [1.29, 1.82) is 0 Å². The molecular weight excluding hydrogens is 361 g/mol. The molecule has 2 aromatic rings. The fraction of sp³-hybridized carbons (Fsp3) is 0.333. The summed E-state index contributed by atoms with van der Waals surface area (Å²) in [5.41, 5.74) is -0.746. The van der Waals surface area contributed by atoms with Crippen molar-refractivity contribution in [3.8, 4) is 5.75 Å². The molecule has 2 N–H and O–H groups in total. The molecule has 2 heterocycles. The second-order valence-corrected chi connectivity index (χ2v) is 6.47. The van der Waals surface area contributed by atoms with Crippen molar-refractivity contribution in [2.45, 2.75) is 12.1 Å². The summed E-state index contributed by atoms with van der Waals surface area (Å²) in [5, 5.41) is 12.1. The number of urea groups is 1. The first-order chi connectivity index (χ1) is 13.3. The molecule has 28 heavy (non-hydrogen) atoms. The molecule has 0 aliphatic carbocycles. The molecule has 10 heteroatoms. The number of aliphatic hydroxyl groups is 1. The van der Waals surface area contributed by atoms with E-state index in [1.165, 1.54) is 12.3 Å². The Morgan fingerprint density at radius 3 is 2.68 bits per heavy atom. The molecule has 1 aliphatic heterocycles. The standard InChI is InChI=1S/C18H19B2FN4O3/c19-18(20,27)28-15-3-1-2-13(10-15)12-23-17(26)25-8-6-24(7-9-25)14-4-5-22-16(21)11-14/h1-5,10-11,27H,6-9,12H2,(H,23,26). The largest absolute Gasteiger partial charge is 0.482 e. The summed E-state index contributed by atoms with van der Waals surface area (Å²) in [4.78, 5) is 19.7. The van der Waals surface area contributed by atoms with Gasteiger partial charge in [-0.1, -0.05) is 12.1 Å². The van der Waals surface area contributed by atoms with Gasteiger partial charge in [-0.15, -0.1) is 0 Å². The Kier molecular flexibility index (Phi) is 6.08. The summed E-state index contributed by atoms with van der Waals surface area (Å²) in [6.07, 6.45) is 1.43. The molecule has 2 amide bonds. The van der Waals surface area contributed by atoms with E-state index in [9.17, 15) is 14.3 Å². The van der Waals surface area contributed by atoms with Crippen molar-refractivity contribution >= 4 is 27.4 Å². The third-order valence-electron chi connectivity index (χ3n) is 4.27.